The Kier molecular flexibility index (Phi) is 3.84. The van der Waals surface area contributed by atoms with Gasteiger partial charge in [0, 0.05) is 29.7 Å². The summed E-state index contributed by atoms with van der Waals surface area (Å²) in [5.74, 6) is -0.860. The molecule has 0 saturated heterocycles. The molecule has 2 aromatic heterocycles. The highest BCUT2D eigenvalue weighted by atomic mass is 35.5. The van der Waals surface area contributed by atoms with E-state index in [0.717, 1.165) is 24.1 Å². The third-order valence-electron chi connectivity index (χ3n) is 4.47. The van der Waals surface area contributed by atoms with E-state index in [4.69, 9.17) is 11.6 Å². The van der Waals surface area contributed by atoms with Crippen molar-refractivity contribution in [1.29, 1.82) is 0 Å². The van der Waals surface area contributed by atoms with Gasteiger partial charge in [0.2, 0.25) is 0 Å². The summed E-state index contributed by atoms with van der Waals surface area (Å²) in [5, 5.41) is 14.3. The maximum absolute atomic E-state index is 12.4. The summed E-state index contributed by atoms with van der Waals surface area (Å²) in [7, 11) is 0. The lowest BCUT2D eigenvalue weighted by atomic mass is 10.1. The number of nitrogens with zero attached hydrogens (tertiary/aromatic N) is 3. The molecule has 1 saturated carbocycles. The number of fused-ring (bicyclic) bond motifs is 1. The number of aromatic nitrogens is 3. The Balaban J connectivity index is 1.76. The summed E-state index contributed by atoms with van der Waals surface area (Å²) in [5.41, 5.74) is 1.66. The first-order valence-electron chi connectivity index (χ1n) is 8.14. The van der Waals surface area contributed by atoms with Gasteiger partial charge in [0.15, 0.2) is 0 Å². The molecule has 2 heterocycles. The van der Waals surface area contributed by atoms with E-state index < -0.39 is 11.5 Å². The lowest BCUT2D eigenvalue weighted by Crippen LogP contribution is -2.26. The molecule has 0 bridgehead atoms. The van der Waals surface area contributed by atoms with Crippen LogP contribution in [0, 0.1) is 0 Å². The fourth-order valence-electron chi connectivity index (χ4n) is 2.98. The van der Waals surface area contributed by atoms with Crippen LogP contribution in [0.3, 0.4) is 0 Å². The molecule has 0 unspecified atom stereocenters. The van der Waals surface area contributed by atoms with E-state index in [1.807, 2.05) is 30.3 Å². The van der Waals surface area contributed by atoms with Crippen LogP contribution in [-0.2, 0) is 13.0 Å². The zero-order valence-corrected chi connectivity index (χ0v) is 14.1. The second-order valence-corrected chi connectivity index (χ2v) is 6.78. The van der Waals surface area contributed by atoms with Crippen LogP contribution in [0.1, 0.15) is 40.4 Å². The molecule has 0 radical (unpaired) electrons. The van der Waals surface area contributed by atoms with E-state index in [-0.39, 0.29) is 5.56 Å². The molecule has 0 aliphatic heterocycles. The summed E-state index contributed by atoms with van der Waals surface area (Å²) in [6, 6.07) is 9.43. The molecule has 3 aromatic rings. The summed E-state index contributed by atoms with van der Waals surface area (Å²) >= 11 is 6.01. The number of aryl methyl sites for hydroxylation is 2. The quantitative estimate of drug-likeness (QED) is 0.761. The Morgan fingerprint density at radius 3 is 2.80 bits per heavy atom. The van der Waals surface area contributed by atoms with Crippen molar-refractivity contribution >= 4 is 23.2 Å². The van der Waals surface area contributed by atoms with E-state index >= 15 is 0 Å². The third kappa shape index (κ3) is 3.05. The molecule has 25 heavy (non-hydrogen) atoms. The Bertz CT molecular complexity index is 1030. The van der Waals surface area contributed by atoms with Gasteiger partial charge in [-0.2, -0.15) is 9.61 Å². The van der Waals surface area contributed by atoms with Gasteiger partial charge >= 0.3 is 5.97 Å². The number of carboxylic acid groups (broad SMARTS) is 1. The second kappa shape index (κ2) is 6.04. The molecule has 1 N–H and O–H groups in total. The molecule has 1 fully saturated rings. The van der Waals surface area contributed by atoms with Crippen LogP contribution in [-0.4, -0.2) is 25.3 Å². The molecule has 6 nitrogen and oxygen atoms in total. The number of halogens is 1. The Labute approximate surface area is 148 Å². The maximum Gasteiger partial charge on any atom is 0.342 e. The predicted octanol–water partition coefficient (Wildman–Crippen LogP) is 2.97. The lowest BCUT2D eigenvalue weighted by molar-refractivity contribution is 0.0693. The normalized spacial score (nSPS) is 14.1. The number of aromatic carboxylic acids is 1. The van der Waals surface area contributed by atoms with Crippen molar-refractivity contribution in [2.45, 2.75) is 31.7 Å². The van der Waals surface area contributed by atoms with Gasteiger partial charge in [-0.3, -0.25) is 4.79 Å². The molecule has 0 amide bonds. The van der Waals surface area contributed by atoms with Crippen molar-refractivity contribution in [3.63, 3.8) is 0 Å². The molecule has 0 atom stereocenters. The van der Waals surface area contributed by atoms with Crippen LogP contribution in [0.4, 0.5) is 0 Å². The molecule has 128 valence electrons. The lowest BCUT2D eigenvalue weighted by Gasteiger charge is -2.10. The third-order valence-corrected chi connectivity index (χ3v) is 4.70. The molecule has 0 spiro atoms. The molecule has 1 aliphatic carbocycles. The predicted molar refractivity (Wildman–Crippen MR) is 93.5 cm³/mol. The second-order valence-electron chi connectivity index (χ2n) is 6.34. The van der Waals surface area contributed by atoms with Gasteiger partial charge in [-0.05, 0) is 37.0 Å². The average Bonchev–Trinajstić information content (AvgIpc) is 3.33. The van der Waals surface area contributed by atoms with Crippen LogP contribution in [0.5, 0.6) is 0 Å². The number of hydrogen-bond acceptors (Lipinski definition) is 3. The molecule has 1 aromatic carbocycles. The SMILES string of the molecule is O=C(O)c1cn(CCc2cccc(Cl)c2)c2cc(C3CC3)nn2c1=O. The molecule has 1 aliphatic rings. The Morgan fingerprint density at radius 2 is 2.12 bits per heavy atom. The monoisotopic (exact) mass is 357 g/mol. The van der Waals surface area contributed by atoms with Gasteiger partial charge in [-0.15, -0.1) is 0 Å². The van der Waals surface area contributed by atoms with Gasteiger partial charge in [0.05, 0.1) is 5.69 Å². The van der Waals surface area contributed by atoms with Gasteiger partial charge in [-0.1, -0.05) is 23.7 Å². The highest BCUT2D eigenvalue weighted by Crippen LogP contribution is 2.39. The van der Waals surface area contributed by atoms with E-state index in [1.54, 1.807) is 4.57 Å². The number of hydrogen-bond donors (Lipinski definition) is 1. The van der Waals surface area contributed by atoms with Crippen LogP contribution < -0.4 is 5.56 Å². The first kappa shape index (κ1) is 15.9. The van der Waals surface area contributed by atoms with E-state index in [1.165, 1.54) is 10.7 Å². The van der Waals surface area contributed by atoms with E-state index in [2.05, 4.69) is 5.10 Å². The fraction of sp³-hybridized carbons (Fsp3) is 0.278. The zero-order valence-electron chi connectivity index (χ0n) is 13.4. The highest BCUT2D eigenvalue weighted by molar-refractivity contribution is 6.30. The number of benzene rings is 1. The molecular weight excluding hydrogens is 342 g/mol. The largest absolute Gasteiger partial charge is 0.477 e. The molecular formula is C18H16ClN3O3. The fourth-order valence-corrected chi connectivity index (χ4v) is 3.19. The van der Waals surface area contributed by atoms with Crippen molar-refractivity contribution < 1.29 is 9.90 Å². The summed E-state index contributed by atoms with van der Waals surface area (Å²) in [6.07, 6.45) is 4.20. The minimum atomic E-state index is -1.24. The van der Waals surface area contributed by atoms with Crippen LogP contribution in [0.2, 0.25) is 5.02 Å². The van der Waals surface area contributed by atoms with Gasteiger partial charge < -0.3 is 9.67 Å². The molecule has 4 rings (SSSR count). The highest BCUT2D eigenvalue weighted by Gasteiger charge is 2.28. The van der Waals surface area contributed by atoms with Gasteiger partial charge in [-0.25, -0.2) is 4.79 Å². The van der Waals surface area contributed by atoms with Crippen molar-refractivity contribution in [3.8, 4) is 0 Å². The maximum atomic E-state index is 12.4. The van der Waals surface area contributed by atoms with Crippen molar-refractivity contribution in [3.05, 3.63) is 68.7 Å². The van der Waals surface area contributed by atoms with Crippen molar-refractivity contribution in [1.82, 2.24) is 14.2 Å². The minimum absolute atomic E-state index is 0.274. The molecule has 7 heteroatoms. The van der Waals surface area contributed by atoms with Gasteiger partial charge in [0.1, 0.15) is 11.2 Å². The number of rotatable bonds is 5. The minimum Gasteiger partial charge on any atom is -0.477 e. The summed E-state index contributed by atoms with van der Waals surface area (Å²) in [6.45, 7) is 0.528. The first-order valence-corrected chi connectivity index (χ1v) is 8.51. The van der Waals surface area contributed by atoms with Crippen LogP contribution in [0.15, 0.2) is 41.3 Å². The Morgan fingerprint density at radius 1 is 1.32 bits per heavy atom. The topological polar surface area (TPSA) is 76.6 Å². The van der Waals surface area contributed by atoms with Crippen molar-refractivity contribution in [2.24, 2.45) is 0 Å². The Hall–Kier alpha value is -2.60. The standard InChI is InChI=1S/C18H16ClN3O3/c19-13-3-1-2-11(8-13)6-7-21-10-14(18(24)25)17(23)22-16(21)9-15(20-22)12-4-5-12/h1-3,8-10,12H,4-7H2,(H,24,25). The van der Waals surface area contributed by atoms with Crippen LogP contribution in [0.25, 0.3) is 5.65 Å². The van der Waals surface area contributed by atoms with E-state index in [0.29, 0.717) is 29.6 Å². The number of carbonyl (C=O) groups is 1. The van der Waals surface area contributed by atoms with E-state index in [9.17, 15) is 14.7 Å². The zero-order chi connectivity index (χ0) is 17.6. The number of carboxylic acids is 1. The van der Waals surface area contributed by atoms with Gasteiger partial charge in [0.25, 0.3) is 5.56 Å². The smallest absolute Gasteiger partial charge is 0.342 e. The first-order chi connectivity index (χ1) is 12.0. The summed E-state index contributed by atoms with van der Waals surface area (Å²) in [4.78, 5) is 23.8. The average molecular weight is 358 g/mol. The summed E-state index contributed by atoms with van der Waals surface area (Å²) < 4.78 is 3.00. The van der Waals surface area contributed by atoms with Crippen LogP contribution >= 0.6 is 11.6 Å². The van der Waals surface area contributed by atoms with Crippen molar-refractivity contribution in [2.75, 3.05) is 0 Å².